The lowest BCUT2D eigenvalue weighted by atomic mass is 10.1. The first-order valence-electron chi connectivity index (χ1n) is 20.3. The van der Waals surface area contributed by atoms with Crippen molar-refractivity contribution < 1.29 is 107 Å². The van der Waals surface area contributed by atoms with Gasteiger partial charge in [-0.1, -0.05) is 11.3 Å². The zero-order valence-electron chi connectivity index (χ0n) is 38.4. The SMILES string of the molecule is COc1ccc2nc(N=Nc3cc(OCCCS(=O)(=O)O)c(N=Nc4c(S(=O)(=O)O)cc5c(S(=O)(=O)O)c(N=Nc6c(C(=O)O)nn(-c7cc(S(=O)(=O)O)cc(S(=O)(=O)O)c7)c6O)ccc5c4O)cc3C)sc2c1S(=O)(=O)O. The Kier molecular flexibility index (Phi) is 15.6. The topological polar surface area (TPSA) is 527 Å². The number of aromatic nitrogens is 3. The van der Waals surface area contributed by atoms with E-state index >= 15 is 0 Å². The predicted octanol–water partition coefficient (Wildman–Crippen LogP) is 6.20. The number of phenols is 1. The fourth-order valence-electron chi connectivity index (χ4n) is 6.90. The predicted molar refractivity (Wildman–Crippen MR) is 263 cm³/mol. The normalized spacial score (nSPS) is 13.2. The molecule has 7 aromatic rings. The summed E-state index contributed by atoms with van der Waals surface area (Å²) in [4.78, 5) is 10.6. The second-order valence-corrected chi connectivity index (χ2v) is 25.0. The summed E-state index contributed by atoms with van der Waals surface area (Å²) in [6.45, 7) is 0.972. The van der Waals surface area contributed by atoms with Crippen LogP contribution in [0.2, 0.25) is 0 Å². The van der Waals surface area contributed by atoms with Crippen molar-refractivity contribution in [3.8, 4) is 28.8 Å². The Morgan fingerprint density at radius 2 is 1.24 bits per heavy atom. The van der Waals surface area contributed by atoms with Gasteiger partial charge in [-0.2, -0.15) is 60.3 Å². The number of benzene rings is 5. The average molecular weight is 1220 g/mol. The number of hydrogen-bond acceptors (Lipinski definition) is 26. The molecule has 40 heteroatoms. The molecule has 0 aliphatic carbocycles. The van der Waals surface area contributed by atoms with Gasteiger partial charge < -0.3 is 24.8 Å². The maximum absolute atomic E-state index is 13.0. The molecule has 78 heavy (non-hydrogen) atoms. The van der Waals surface area contributed by atoms with E-state index < -0.39 is 154 Å². The lowest BCUT2D eigenvalue weighted by Gasteiger charge is -2.13. The number of ether oxygens (including phenoxy) is 2. The average Bonchev–Trinajstić information content (AvgIpc) is 4.04. The molecule has 7 rings (SSSR count). The molecule has 414 valence electrons. The highest BCUT2D eigenvalue weighted by Crippen LogP contribution is 2.47. The van der Waals surface area contributed by atoms with Crippen LogP contribution in [0.5, 0.6) is 23.1 Å². The first-order valence-corrected chi connectivity index (χ1v) is 30.0. The van der Waals surface area contributed by atoms with E-state index in [0.29, 0.717) is 35.6 Å². The molecular weight excluding hydrogens is 1190 g/mol. The van der Waals surface area contributed by atoms with Gasteiger partial charge in [0.15, 0.2) is 16.3 Å². The minimum absolute atomic E-state index is 0.0219. The van der Waals surface area contributed by atoms with Crippen LogP contribution in [0.1, 0.15) is 22.5 Å². The Balaban J connectivity index is 1.33. The van der Waals surface area contributed by atoms with E-state index in [2.05, 4.69) is 40.8 Å². The van der Waals surface area contributed by atoms with Crippen molar-refractivity contribution in [2.45, 2.75) is 37.8 Å². The van der Waals surface area contributed by atoms with Gasteiger partial charge in [-0.05, 0) is 73.5 Å². The minimum atomic E-state index is -5.68. The molecule has 33 nitrogen and oxygen atoms in total. The van der Waals surface area contributed by atoms with Gasteiger partial charge in [0.2, 0.25) is 16.7 Å². The van der Waals surface area contributed by atoms with E-state index in [9.17, 15) is 97.9 Å². The number of nitrogens with zero attached hydrogens (tertiary/aromatic N) is 9. The highest BCUT2D eigenvalue weighted by atomic mass is 32.2. The quantitative estimate of drug-likeness (QED) is 0.0247. The Morgan fingerprint density at radius 3 is 1.81 bits per heavy atom. The minimum Gasteiger partial charge on any atom is -0.505 e. The molecule has 0 saturated heterocycles. The number of aromatic hydroxyl groups is 2. The van der Waals surface area contributed by atoms with Gasteiger partial charge in [-0.15, -0.1) is 30.7 Å². The van der Waals surface area contributed by atoms with Crippen molar-refractivity contribution in [3.63, 3.8) is 0 Å². The molecule has 0 spiro atoms. The van der Waals surface area contributed by atoms with Crippen LogP contribution in [-0.4, -0.2) is 133 Å². The maximum atomic E-state index is 13.0. The lowest BCUT2D eigenvalue weighted by molar-refractivity contribution is 0.0690. The molecule has 0 amide bonds. The molecule has 0 fully saturated rings. The summed E-state index contributed by atoms with van der Waals surface area (Å²) < 4.78 is 217. The second-order valence-electron chi connectivity index (χ2n) is 15.5. The van der Waals surface area contributed by atoms with Crippen molar-refractivity contribution in [1.82, 2.24) is 14.8 Å². The molecule has 0 aliphatic rings. The number of carboxylic acid groups (broad SMARTS) is 1. The summed E-state index contributed by atoms with van der Waals surface area (Å²) in [5.74, 6) is -5.98. The largest absolute Gasteiger partial charge is 0.505 e. The number of aryl methyl sites for hydroxylation is 1. The van der Waals surface area contributed by atoms with Gasteiger partial charge in [0.25, 0.3) is 60.7 Å². The molecule has 2 heterocycles. The zero-order chi connectivity index (χ0) is 57.8. The zero-order valence-corrected chi connectivity index (χ0v) is 44.1. The molecular formula is C38H31N9O24S7. The van der Waals surface area contributed by atoms with Gasteiger partial charge in [-0.3, -0.25) is 27.3 Å². The van der Waals surface area contributed by atoms with Crippen LogP contribution in [0.25, 0.3) is 26.7 Å². The standard InChI is InChI=1S/C38H31N9O24S7/c1-16-10-25(27(71-8-3-9-73(52,53)54)15-24(16)41-45-38-39-22-6-7-26(70-2)35(33(22)72-38)78(67,68)69)42-43-29-28(76(61,62)63)14-21-20(32(29)48)4-5-23(34(21)77(64,65)66)40-44-30-31(37(50)51)46-47(36(30)49)17-11-18(74(55,56)57)13-19(12-17)75(58,59)60/h4-7,10-15,48-49H,3,8-9H2,1-2H3,(H,50,51)(H,52,53,54)(H,55,56,57)(H,58,59,60)(H,61,62,63)(H,64,65,66)(H,67,68,69). The smallest absolute Gasteiger partial charge is 0.358 e. The van der Waals surface area contributed by atoms with Crippen molar-refractivity contribution in [3.05, 3.63) is 71.9 Å². The number of carboxylic acids is 1. The first kappa shape index (κ1) is 58.1. The number of azo groups is 3. The van der Waals surface area contributed by atoms with Gasteiger partial charge in [0.1, 0.15) is 38.4 Å². The Morgan fingerprint density at radius 1 is 0.641 bits per heavy atom. The number of aromatic carboxylic acids is 1. The van der Waals surface area contributed by atoms with E-state index in [-0.39, 0.29) is 61.0 Å². The van der Waals surface area contributed by atoms with Crippen molar-refractivity contribution >= 4 is 133 Å². The second kappa shape index (κ2) is 21.0. The number of rotatable bonds is 19. The highest BCUT2D eigenvalue weighted by molar-refractivity contribution is 7.87. The summed E-state index contributed by atoms with van der Waals surface area (Å²) in [5, 5.41) is 57.1. The summed E-state index contributed by atoms with van der Waals surface area (Å²) in [6, 6.07) is 8.06. The van der Waals surface area contributed by atoms with Crippen LogP contribution in [0.4, 0.5) is 33.6 Å². The summed E-state index contributed by atoms with van der Waals surface area (Å²) in [5.41, 5.74) is -5.50. The summed E-state index contributed by atoms with van der Waals surface area (Å²) >= 11 is 0.692. The fourth-order valence-corrected chi connectivity index (χ4v) is 12.0. The molecule has 0 aliphatic heterocycles. The monoisotopic (exact) mass is 1220 g/mol. The third-order valence-corrected chi connectivity index (χ3v) is 16.5. The Bertz CT molecular complexity index is 4450. The van der Waals surface area contributed by atoms with Crippen LogP contribution >= 0.6 is 11.3 Å². The molecule has 0 atom stereocenters. The molecule has 0 bridgehead atoms. The number of carbonyl (C=O) groups is 1. The molecule has 2 aromatic heterocycles. The number of phenolic OH excluding ortho intramolecular Hbond substituents is 1. The van der Waals surface area contributed by atoms with Crippen LogP contribution in [0.3, 0.4) is 0 Å². The fraction of sp³-hybridized carbons (Fsp3) is 0.132. The van der Waals surface area contributed by atoms with Gasteiger partial charge in [0.05, 0.1) is 50.9 Å². The molecule has 0 saturated carbocycles. The summed E-state index contributed by atoms with van der Waals surface area (Å²) in [7, 11) is -30.0. The van der Waals surface area contributed by atoms with Crippen molar-refractivity contribution in [2.24, 2.45) is 30.7 Å². The van der Waals surface area contributed by atoms with Crippen LogP contribution in [0, 0.1) is 6.92 Å². The maximum Gasteiger partial charge on any atom is 0.358 e. The number of hydrogen-bond donors (Lipinski definition) is 9. The van der Waals surface area contributed by atoms with E-state index in [1.54, 1.807) is 0 Å². The Labute approximate surface area is 441 Å². The van der Waals surface area contributed by atoms with E-state index in [1.165, 1.54) is 32.2 Å². The van der Waals surface area contributed by atoms with E-state index in [0.717, 1.165) is 12.1 Å². The number of methoxy groups -OCH3 is 1. The molecule has 9 N–H and O–H groups in total. The van der Waals surface area contributed by atoms with Crippen LogP contribution < -0.4 is 9.47 Å². The van der Waals surface area contributed by atoms with Crippen LogP contribution in [-0.2, 0) is 60.7 Å². The van der Waals surface area contributed by atoms with Gasteiger partial charge in [-0.25, -0.2) is 9.78 Å². The molecule has 0 unspecified atom stereocenters. The molecule has 0 radical (unpaired) electrons. The lowest BCUT2D eigenvalue weighted by Crippen LogP contribution is -2.08. The Hall–Kier alpha value is -7.61. The number of thiazole rings is 1. The van der Waals surface area contributed by atoms with Crippen molar-refractivity contribution in [2.75, 3.05) is 19.5 Å². The highest BCUT2D eigenvalue weighted by Gasteiger charge is 2.31. The van der Waals surface area contributed by atoms with Gasteiger partial charge >= 0.3 is 5.97 Å². The van der Waals surface area contributed by atoms with Crippen LogP contribution in [0.15, 0.2) is 116 Å². The first-order chi connectivity index (χ1) is 36.0. The number of fused-ring (bicyclic) bond motifs is 2. The van der Waals surface area contributed by atoms with Gasteiger partial charge in [0, 0.05) is 16.8 Å². The molecule has 5 aromatic carbocycles. The third kappa shape index (κ3) is 12.5. The third-order valence-electron chi connectivity index (χ3n) is 10.2. The van der Waals surface area contributed by atoms with E-state index in [4.69, 9.17) is 9.47 Å². The summed E-state index contributed by atoms with van der Waals surface area (Å²) in [6.07, 6.45) is -0.332. The van der Waals surface area contributed by atoms with E-state index in [1.807, 2.05) is 0 Å². The van der Waals surface area contributed by atoms with Crippen molar-refractivity contribution in [1.29, 1.82) is 0 Å².